The maximum Gasteiger partial charge on any atom is 0.349 e. The molecule has 0 aliphatic carbocycles. The Kier molecular flexibility index (Phi) is 8.31. The number of fused-ring (bicyclic) bond motifs is 1. The maximum absolute atomic E-state index is 13.8. The third-order valence-corrected chi connectivity index (χ3v) is 6.99. The van der Waals surface area contributed by atoms with Crippen LogP contribution in [-0.2, 0) is 6.54 Å². The average molecular weight is 522 g/mol. The first kappa shape index (κ1) is 26.4. The highest BCUT2D eigenvalue weighted by Crippen LogP contribution is 2.30. The molecule has 0 aliphatic rings. The molecule has 194 valence electrons. The van der Waals surface area contributed by atoms with E-state index in [1.165, 1.54) is 4.52 Å². The lowest BCUT2D eigenvalue weighted by Gasteiger charge is -2.33. The Labute approximate surface area is 221 Å². The number of amides is 1. The number of nitrogens with two attached hydrogens (primary N) is 1. The normalized spacial score (nSPS) is 12.0. The van der Waals surface area contributed by atoms with Crippen LogP contribution in [0, 0.1) is 6.92 Å². The van der Waals surface area contributed by atoms with Gasteiger partial charge < -0.3 is 15.4 Å². The Morgan fingerprint density at radius 2 is 1.86 bits per heavy atom. The van der Waals surface area contributed by atoms with Crippen LogP contribution in [0.2, 0.25) is 5.02 Å². The van der Waals surface area contributed by atoms with E-state index in [2.05, 4.69) is 5.10 Å². The minimum atomic E-state index is -0.395. The lowest BCUT2D eigenvalue weighted by Crippen LogP contribution is -2.40. The summed E-state index contributed by atoms with van der Waals surface area (Å²) in [6.07, 6.45) is 1.21. The lowest BCUT2D eigenvalue weighted by molar-refractivity contribution is 0.0660. The lowest BCUT2D eigenvalue weighted by atomic mass is 10.0. The van der Waals surface area contributed by atoms with Gasteiger partial charge in [0.2, 0.25) is 0 Å². The Morgan fingerprint density at radius 3 is 2.49 bits per heavy atom. The van der Waals surface area contributed by atoms with Crippen LogP contribution in [0.25, 0.3) is 5.52 Å². The number of hydrogen-bond acceptors (Lipinski definition) is 5. The van der Waals surface area contributed by atoms with Crippen molar-refractivity contribution in [3.63, 3.8) is 0 Å². The molecule has 0 saturated carbocycles. The zero-order valence-electron chi connectivity index (χ0n) is 21.4. The first-order chi connectivity index (χ1) is 17.9. The van der Waals surface area contributed by atoms with Gasteiger partial charge in [0, 0.05) is 17.8 Å². The fourth-order valence-corrected chi connectivity index (χ4v) is 4.76. The van der Waals surface area contributed by atoms with Gasteiger partial charge >= 0.3 is 5.69 Å². The number of hydrogen-bond donors (Lipinski definition) is 1. The number of rotatable bonds is 10. The van der Waals surface area contributed by atoms with Gasteiger partial charge in [-0.25, -0.2) is 4.79 Å². The average Bonchev–Trinajstić information content (AvgIpc) is 3.22. The molecular formula is C28H32ClN5O3. The van der Waals surface area contributed by atoms with Crippen molar-refractivity contribution >= 4 is 23.0 Å². The quantitative estimate of drug-likeness (QED) is 0.332. The van der Waals surface area contributed by atoms with E-state index < -0.39 is 6.04 Å². The number of aromatic nitrogens is 3. The number of aryl methyl sites for hydroxylation is 1. The summed E-state index contributed by atoms with van der Waals surface area (Å²) in [6, 6.07) is 18.3. The SMILES string of the molecule is CCC(c1cc2c(Cl)c(C)nn2c(=O)n1Cc1ccccc1)N(CCCN)C(=O)c1ccc(OC)cc1. The van der Waals surface area contributed by atoms with Gasteiger partial charge in [0.05, 0.1) is 35.9 Å². The molecule has 0 bridgehead atoms. The van der Waals surface area contributed by atoms with E-state index in [-0.39, 0.29) is 11.6 Å². The van der Waals surface area contributed by atoms with Crippen LogP contribution in [0.3, 0.4) is 0 Å². The molecule has 1 unspecified atom stereocenters. The molecule has 4 aromatic rings. The summed E-state index contributed by atoms with van der Waals surface area (Å²) < 4.78 is 8.28. The Balaban J connectivity index is 1.88. The summed E-state index contributed by atoms with van der Waals surface area (Å²) in [4.78, 5) is 29.4. The number of benzene rings is 2. The van der Waals surface area contributed by atoms with Crippen LogP contribution >= 0.6 is 11.6 Å². The van der Waals surface area contributed by atoms with Crippen molar-refractivity contribution in [2.75, 3.05) is 20.2 Å². The van der Waals surface area contributed by atoms with E-state index in [1.54, 1.807) is 47.8 Å². The summed E-state index contributed by atoms with van der Waals surface area (Å²) in [5, 5.41) is 4.80. The molecule has 0 spiro atoms. The predicted octanol–water partition coefficient (Wildman–Crippen LogP) is 4.46. The van der Waals surface area contributed by atoms with Crippen molar-refractivity contribution < 1.29 is 9.53 Å². The van der Waals surface area contributed by atoms with Crippen LogP contribution < -0.4 is 16.2 Å². The molecule has 2 N–H and O–H groups in total. The van der Waals surface area contributed by atoms with Crippen molar-refractivity contribution in [3.8, 4) is 5.75 Å². The maximum atomic E-state index is 13.8. The van der Waals surface area contributed by atoms with Gasteiger partial charge in [-0.05, 0) is 62.2 Å². The summed E-state index contributed by atoms with van der Waals surface area (Å²) in [6.45, 7) is 4.99. The fraction of sp³-hybridized carbons (Fsp3) is 0.321. The largest absolute Gasteiger partial charge is 0.497 e. The van der Waals surface area contributed by atoms with Gasteiger partial charge in [0.1, 0.15) is 5.75 Å². The van der Waals surface area contributed by atoms with Crippen LogP contribution in [0.1, 0.15) is 53.1 Å². The van der Waals surface area contributed by atoms with E-state index in [4.69, 9.17) is 22.1 Å². The molecular weight excluding hydrogens is 490 g/mol. The van der Waals surface area contributed by atoms with E-state index in [1.807, 2.05) is 43.3 Å². The van der Waals surface area contributed by atoms with Crippen LogP contribution in [0.15, 0.2) is 65.5 Å². The van der Waals surface area contributed by atoms with Crippen molar-refractivity contribution in [2.24, 2.45) is 5.73 Å². The smallest absolute Gasteiger partial charge is 0.349 e. The molecule has 37 heavy (non-hydrogen) atoms. The van der Waals surface area contributed by atoms with Crippen molar-refractivity contribution in [3.05, 3.63) is 98.7 Å². The number of nitrogens with zero attached hydrogens (tertiary/aromatic N) is 4. The second kappa shape index (κ2) is 11.6. The standard InChI is InChI=1S/C28H32ClN5O3/c1-4-23(32(16-8-15-30)27(35)21-11-13-22(37-3)14-12-21)24-17-25-26(29)19(2)31-34(25)28(36)33(24)18-20-9-6-5-7-10-20/h5-7,9-14,17,23H,4,8,15-16,18,30H2,1-3H3. The summed E-state index contributed by atoms with van der Waals surface area (Å²) in [5.41, 5.74) is 8.84. The van der Waals surface area contributed by atoms with Crippen molar-refractivity contribution in [2.45, 2.75) is 39.3 Å². The second-order valence-electron chi connectivity index (χ2n) is 8.91. The van der Waals surface area contributed by atoms with Crippen molar-refractivity contribution in [1.29, 1.82) is 0 Å². The highest BCUT2D eigenvalue weighted by molar-refractivity contribution is 6.34. The number of carbonyl (C=O) groups excluding carboxylic acids is 1. The second-order valence-corrected chi connectivity index (χ2v) is 9.29. The molecule has 1 atom stereocenters. The van der Waals surface area contributed by atoms with E-state index >= 15 is 0 Å². The summed E-state index contributed by atoms with van der Waals surface area (Å²) in [5.74, 6) is 0.530. The molecule has 1 amide bonds. The minimum Gasteiger partial charge on any atom is -0.497 e. The number of ether oxygens (including phenoxy) is 1. The highest BCUT2D eigenvalue weighted by atomic mass is 35.5. The van der Waals surface area contributed by atoms with Gasteiger partial charge in [-0.2, -0.15) is 9.61 Å². The monoisotopic (exact) mass is 521 g/mol. The molecule has 0 radical (unpaired) electrons. The van der Waals surface area contributed by atoms with Gasteiger partial charge in [-0.1, -0.05) is 48.9 Å². The minimum absolute atomic E-state index is 0.141. The van der Waals surface area contributed by atoms with E-state index in [0.29, 0.717) is 65.7 Å². The van der Waals surface area contributed by atoms with Crippen molar-refractivity contribution in [1.82, 2.24) is 19.1 Å². The summed E-state index contributed by atoms with van der Waals surface area (Å²) >= 11 is 6.56. The zero-order valence-corrected chi connectivity index (χ0v) is 22.1. The Bertz CT molecular complexity index is 1430. The Hall–Kier alpha value is -3.62. The Morgan fingerprint density at radius 1 is 1.16 bits per heavy atom. The molecule has 9 heteroatoms. The van der Waals surface area contributed by atoms with Gasteiger partial charge in [-0.15, -0.1) is 0 Å². The third kappa shape index (κ3) is 5.40. The number of methoxy groups -OCH3 is 1. The first-order valence-electron chi connectivity index (χ1n) is 12.4. The molecule has 0 aliphatic heterocycles. The predicted molar refractivity (Wildman–Crippen MR) is 145 cm³/mol. The number of carbonyl (C=O) groups is 1. The summed E-state index contributed by atoms with van der Waals surface area (Å²) in [7, 11) is 1.59. The van der Waals surface area contributed by atoms with Crippen LogP contribution in [0.5, 0.6) is 5.75 Å². The molecule has 2 aromatic heterocycles. The highest BCUT2D eigenvalue weighted by Gasteiger charge is 2.29. The molecule has 0 saturated heterocycles. The molecule has 2 aromatic carbocycles. The molecule has 2 heterocycles. The first-order valence-corrected chi connectivity index (χ1v) is 12.7. The van der Waals surface area contributed by atoms with Crippen LogP contribution in [0.4, 0.5) is 0 Å². The molecule has 4 rings (SSSR count). The molecule has 0 fully saturated rings. The van der Waals surface area contributed by atoms with E-state index in [9.17, 15) is 9.59 Å². The fourth-order valence-electron chi connectivity index (χ4n) is 4.59. The topological polar surface area (TPSA) is 94.9 Å². The van der Waals surface area contributed by atoms with E-state index in [0.717, 1.165) is 5.56 Å². The van der Waals surface area contributed by atoms with Gasteiger partial charge in [0.15, 0.2) is 0 Å². The zero-order chi connectivity index (χ0) is 26.5. The van der Waals surface area contributed by atoms with Gasteiger partial charge in [0.25, 0.3) is 5.91 Å². The molecule has 8 nitrogen and oxygen atoms in total. The van der Waals surface area contributed by atoms with Crippen LogP contribution in [-0.4, -0.2) is 45.2 Å². The van der Waals surface area contributed by atoms with Gasteiger partial charge in [-0.3, -0.25) is 9.36 Å². The number of halogens is 1. The third-order valence-electron chi connectivity index (χ3n) is 6.52.